The Hall–Kier alpha value is -1.84. The first-order chi connectivity index (χ1) is 8.15. The Morgan fingerprint density at radius 1 is 1.18 bits per heavy atom. The summed E-state index contributed by atoms with van der Waals surface area (Å²) in [5.41, 5.74) is 0.524. The summed E-state index contributed by atoms with van der Waals surface area (Å²) in [7, 11) is 1.27. The van der Waals surface area contributed by atoms with Crippen LogP contribution in [-0.4, -0.2) is 25.5 Å². The molecule has 0 bridgehead atoms. The molecule has 0 spiro atoms. The maximum Gasteiger partial charge on any atom is 0.325 e. The highest BCUT2D eigenvalue weighted by Crippen LogP contribution is 1.97. The van der Waals surface area contributed by atoms with Crippen LogP contribution in [0.2, 0.25) is 0 Å². The number of methoxy groups -OCH3 is 1. The lowest BCUT2D eigenvalue weighted by atomic mass is 10.2. The van der Waals surface area contributed by atoms with Crippen LogP contribution in [0, 0.1) is 0 Å². The largest absolute Gasteiger partial charge is 0.468 e. The van der Waals surface area contributed by atoms with E-state index in [-0.39, 0.29) is 12.5 Å². The van der Waals surface area contributed by atoms with Crippen LogP contribution in [0.5, 0.6) is 0 Å². The quantitative estimate of drug-likeness (QED) is 0.818. The van der Waals surface area contributed by atoms with Gasteiger partial charge < -0.3 is 10.1 Å². The molecule has 0 aliphatic carbocycles. The first kappa shape index (κ1) is 15.2. The lowest BCUT2D eigenvalue weighted by Gasteiger charge is -2.02. The molecule has 1 N–H and O–H groups in total. The van der Waals surface area contributed by atoms with Crippen LogP contribution in [0.4, 0.5) is 0 Å². The molecule has 0 unspecified atom stereocenters. The number of nitrogens with one attached hydrogen (secondary N) is 1. The number of hydrogen-bond acceptors (Lipinski definition) is 3. The van der Waals surface area contributed by atoms with Crippen molar-refractivity contribution in [1.82, 2.24) is 5.32 Å². The summed E-state index contributed by atoms with van der Waals surface area (Å²) < 4.78 is 4.38. The Labute approximate surface area is 102 Å². The molecule has 0 aromatic heterocycles. The molecule has 0 saturated heterocycles. The molecule has 1 amide bonds. The average molecular weight is 237 g/mol. The van der Waals surface area contributed by atoms with Crippen LogP contribution in [0.1, 0.15) is 30.6 Å². The number of amides is 1. The summed E-state index contributed by atoms with van der Waals surface area (Å²) in [5, 5.41) is 2.44. The van der Waals surface area contributed by atoms with Crippen LogP contribution in [0.15, 0.2) is 30.3 Å². The summed E-state index contributed by atoms with van der Waals surface area (Å²) in [6.45, 7) is 4.14. The molecular weight excluding hydrogens is 218 g/mol. The van der Waals surface area contributed by atoms with E-state index in [4.69, 9.17) is 0 Å². The molecule has 0 aliphatic rings. The molecule has 4 heteroatoms. The highest BCUT2D eigenvalue weighted by molar-refractivity contribution is 5.95. The van der Waals surface area contributed by atoms with Crippen molar-refractivity contribution in [2.45, 2.75) is 20.3 Å². The summed E-state index contributed by atoms with van der Waals surface area (Å²) in [6.07, 6.45) is 1.25. The second-order valence-electron chi connectivity index (χ2n) is 3.33. The maximum atomic E-state index is 11.3. The van der Waals surface area contributed by atoms with Gasteiger partial charge in [-0.1, -0.05) is 38.5 Å². The van der Waals surface area contributed by atoms with Crippen molar-refractivity contribution in [2.24, 2.45) is 0 Å². The van der Waals surface area contributed by atoms with E-state index in [1.54, 1.807) is 24.3 Å². The predicted octanol–water partition coefficient (Wildman–Crippen LogP) is 2.01. The van der Waals surface area contributed by atoms with Crippen molar-refractivity contribution < 1.29 is 14.3 Å². The van der Waals surface area contributed by atoms with Gasteiger partial charge >= 0.3 is 5.97 Å². The number of rotatable bonds is 3. The highest BCUT2D eigenvalue weighted by atomic mass is 16.5. The SMILES string of the molecule is CCC.COC(=O)CNC(=O)c1ccccc1. The molecule has 0 radical (unpaired) electrons. The Morgan fingerprint density at radius 2 is 1.71 bits per heavy atom. The maximum absolute atomic E-state index is 11.3. The summed E-state index contributed by atoms with van der Waals surface area (Å²) in [6, 6.07) is 8.68. The molecule has 0 aliphatic heterocycles. The van der Waals surface area contributed by atoms with Gasteiger partial charge in [0.15, 0.2) is 0 Å². The van der Waals surface area contributed by atoms with E-state index in [1.807, 2.05) is 6.07 Å². The molecule has 94 valence electrons. The molecule has 1 aromatic carbocycles. The molecular formula is C13H19NO3. The summed E-state index contributed by atoms with van der Waals surface area (Å²) in [5.74, 6) is -0.745. The Morgan fingerprint density at radius 3 is 2.18 bits per heavy atom. The van der Waals surface area contributed by atoms with Crippen LogP contribution in [-0.2, 0) is 9.53 Å². The molecule has 17 heavy (non-hydrogen) atoms. The molecule has 0 atom stereocenters. The van der Waals surface area contributed by atoms with Gasteiger partial charge in [0.2, 0.25) is 0 Å². The zero-order valence-electron chi connectivity index (χ0n) is 10.5. The van der Waals surface area contributed by atoms with Gasteiger partial charge in [-0.2, -0.15) is 0 Å². The lowest BCUT2D eigenvalue weighted by Crippen LogP contribution is -2.29. The first-order valence-corrected chi connectivity index (χ1v) is 5.55. The van der Waals surface area contributed by atoms with Gasteiger partial charge in [0.1, 0.15) is 6.54 Å². The fourth-order valence-corrected chi connectivity index (χ4v) is 0.916. The van der Waals surface area contributed by atoms with Crippen LogP contribution >= 0.6 is 0 Å². The normalized spacial score (nSPS) is 8.65. The fraction of sp³-hybridized carbons (Fsp3) is 0.385. The number of benzene rings is 1. The van der Waals surface area contributed by atoms with E-state index in [0.717, 1.165) is 0 Å². The zero-order chi connectivity index (χ0) is 13.1. The first-order valence-electron chi connectivity index (χ1n) is 5.55. The number of ether oxygens (including phenoxy) is 1. The minimum Gasteiger partial charge on any atom is -0.468 e. The number of esters is 1. The standard InChI is InChI=1S/C10H11NO3.C3H8/c1-14-9(12)7-11-10(13)8-5-3-2-4-6-8;1-3-2/h2-6H,7H2,1H3,(H,11,13);3H2,1-2H3. The zero-order valence-corrected chi connectivity index (χ0v) is 10.5. The Balaban J connectivity index is 0.000000770. The Bertz CT molecular complexity index is 336. The molecule has 1 rings (SSSR count). The van der Waals surface area contributed by atoms with E-state index in [9.17, 15) is 9.59 Å². The van der Waals surface area contributed by atoms with Crippen molar-refractivity contribution in [3.63, 3.8) is 0 Å². The van der Waals surface area contributed by atoms with Crippen LogP contribution in [0.3, 0.4) is 0 Å². The molecule has 0 heterocycles. The number of hydrogen-bond donors (Lipinski definition) is 1. The fourth-order valence-electron chi connectivity index (χ4n) is 0.916. The van der Waals surface area contributed by atoms with E-state index >= 15 is 0 Å². The molecule has 0 saturated carbocycles. The van der Waals surface area contributed by atoms with Crippen molar-refractivity contribution in [2.75, 3.05) is 13.7 Å². The third-order valence-corrected chi connectivity index (χ3v) is 1.66. The van der Waals surface area contributed by atoms with Crippen molar-refractivity contribution >= 4 is 11.9 Å². The van der Waals surface area contributed by atoms with Gasteiger partial charge in [-0.15, -0.1) is 0 Å². The molecule has 4 nitrogen and oxygen atoms in total. The predicted molar refractivity (Wildman–Crippen MR) is 66.8 cm³/mol. The van der Waals surface area contributed by atoms with E-state index in [0.29, 0.717) is 5.56 Å². The number of carbonyl (C=O) groups is 2. The average Bonchev–Trinajstić information content (AvgIpc) is 2.37. The van der Waals surface area contributed by atoms with Crippen molar-refractivity contribution in [3.8, 4) is 0 Å². The second kappa shape index (κ2) is 9.39. The van der Waals surface area contributed by atoms with Gasteiger partial charge in [-0.3, -0.25) is 9.59 Å². The highest BCUT2D eigenvalue weighted by Gasteiger charge is 2.06. The number of carbonyl (C=O) groups excluding carboxylic acids is 2. The van der Waals surface area contributed by atoms with Gasteiger partial charge in [-0.25, -0.2) is 0 Å². The van der Waals surface area contributed by atoms with Crippen molar-refractivity contribution in [3.05, 3.63) is 35.9 Å². The van der Waals surface area contributed by atoms with Gasteiger partial charge in [0.25, 0.3) is 5.91 Å². The molecule has 0 fully saturated rings. The minimum absolute atomic E-state index is 0.107. The van der Waals surface area contributed by atoms with Crippen LogP contribution in [0.25, 0.3) is 0 Å². The second-order valence-corrected chi connectivity index (χ2v) is 3.33. The summed E-state index contributed by atoms with van der Waals surface area (Å²) in [4.78, 5) is 22.1. The third-order valence-electron chi connectivity index (χ3n) is 1.66. The molecule has 1 aromatic rings. The van der Waals surface area contributed by atoms with Gasteiger partial charge in [0.05, 0.1) is 7.11 Å². The third kappa shape index (κ3) is 7.11. The topological polar surface area (TPSA) is 55.4 Å². The van der Waals surface area contributed by atoms with E-state index < -0.39 is 5.97 Å². The van der Waals surface area contributed by atoms with Crippen LogP contribution < -0.4 is 5.32 Å². The van der Waals surface area contributed by atoms with E-state index in [2.05, 4.69) is 23.9 Å². The minimum atomic E-state index is -0.464. The van der Waals surface area contributed by atoms with Gasteiger partial charge in [0, 0.05) is 5.56 Å². The Kier molecular flexibility index (Phi) is 8.37. The van der Waals surface area contributed by atoms with Crippen molar-refractivity contribution in [1.29, 1.82) is 0 Å². The monoisotopic (exact) mass is 237 g/mol. The smallest absolute Gasteiger partial charge is 0.325 e. The van der Waals surface area contributed by atoms with Gasteiger partial charge in [-0.05, 0) is 12.1 Å². The summed E-state index contributed by atoms with van der Waals surface area (Å²) >= 11 is 0. The lowest BCUT2D eigenvalue weighted by molar-refractivity contribution is -0.139. The van der Waals surface area contributed by atoms with E-state index in [1.165, 1.54) is 13.5 Å².